The second-order valence-electron chi connectivity index (χ2n) is 3.96. The highest BCUT2D eigenvalue weighted by Crippen LogP contribution is 2.58. The Kier molecular flexibility index (Phi) is 0.868. The molecule has 3 fully saturated rings. The van der Waals surface area contributed by atoms with Gasteiger partial charge >= 0.3 is 0 Å². The van der Waals surface area contributed by atoms with E-state index in [2.05, 4.69) is 0 Å². The van der Waals surface area contributed by atoms with Crippen molar-refractivity contribution in [3.8, 4) is 0 Å². The molecule has 5 atom stereocenters. The van der Waals surface area contributed by atoms with Gasteiger partial charge in [-0.15, -0.1) is 0 Å². The molecule has 0 spiro atoms. The van der Waals surface area contributed by atoms with Crippen molar-refractivity contribution in [1.29, 1.82) is 0 Å². The molecule has 10 heavy (non-hydrogen) atoms. The summed E-state index contributed by atoms with van der Waals surface area (Å²) in [6, 6.07) is 0. The number of rotatable bonds is 1. The minimum absolute atomic E-state index is 0.646. The van der Waals surface area contributed by atoms with E-state index in [4.69, 9.17) is 10.5 Å². The Balaban J connectivity index is 1.85. The van der Waals surface area contributed by atoms with E-state index in [1.165, 1.54) is 12.8 Å². The summed E-state index contributed by atoms with van der Waals surface area (Å²) in [5.74, 6) is 2.54. The lowest BCUT2D eigenvalue weighted by molar-refractivity contribution is 0.252. The van der Waals surface area contributed by atoms with Crippen LogP contribution >= 0.6 is 0 Å². The highest BCUT2D eigenvalue weighted by Gasteiger charge is 2.62. The van der Waals surface area contributed by atoms with Crippen LogP contribution in [0.2, 0.25) is 0 Å². The SMILES string of the molecule is NC[C@@H]1C[C@H]2C[C@H]1[C@@H]1O[C@@H]21. The van der Waals surface area contributed by atoms with E-state index in [1.54, 1.807) is 0 Å². The van der Waals surface area contributed by atoms with Gasteiger partial charge in [-0.2, -0.15) is 0 Å². The molecule has 2 aliphatic carbocycles. The molecule has 0 aromatic carbocycles. The summed E-state index contributed by atoms with van der Waals surface area (Å²) in [6.45, 7) is 0.883. The molecule has 2 heteroatoms. The van der Waals surface area contributed by atoms with Gasteiger partial charge < -0.3 is 10.5 Å². The van der Waals surface area contributed by atoms with E-state index in [0.717, 1.165) is 24.3 Å². The molecule has 1 aliphatic heterocycles. The lowest BCUT2D eigenvalue weighted by Crippen LogP contribution is -2.24. The van der Waals surface area contributed by atoms with Crippen LogP contribution < -0.4 is 5.73 Å². The first-order chi connectivity index (χ1) is 4.90. The van der Waals surface area contributed by atoms with Crippen molar-refractivity contribution in [1.82, 2.24) is 0 Å². The zero-order valence-electron chi connectivity index (χ0n) is 5.99. The number of nitrogens with two attached hydrogens (primary N) is 1. The summed E-state index contributed by atoms with van der Waals surface area (Å²) in [4.78, 5) is 0. The standard InChI is InChI=1S/C8H13NO/c9-3-5-1-4-2-6(5)8-7(4)10-8/h4-8H,1-3,9H2/t4-,5-,6+,7-,8-/m0/s1. The number of hydrogen-bond donors (Lipinski definition) is 1. The molecule has 3 rings (SSSR count). The molecule has 2 nitrogen and oxygen atoms in total. The molecule has 0 radical (unpaired) electrons. The van der Waals surface area contributed by atoms with Crippen molar-refractivity contribution in [2.75, 3.05) is 6.54 Å². The molecular weight excluding hydrogens is 126 g/mol. The van der Waals surface area contributed by atoms with Gasteiger partial charge in [0.15, 0.2) is 0 Å². The van der Waals surface area contributed by atoms with Gasteiger partial charge in [0.2, 0.25) is 0 Å². The van der Waals surface area contributed by atoms with Crippen molar-refractivity contribution in [2.24, 2.45) is 23.5 Å². The van der Waals surface area contributed by atoms with E-state index in [-0.39, 0.29) is 0 Å². The minimum Gasteiger partial charge on any atom is -0.369 e. The lowest BCUT2D eigenvalue weighted by Gasteiger charge is -2.15. The maximum Gasteiger partial charge on any atom is 0.0876 e. The van der Waals surface area contributed by atoms with Crippen LogP contribution in [0.15, 0.2) is 0 Å². The van der Waals surface area contributed by atoms with Crippen molar-refractivity contribution in [2.45, 2.75) is 25.0 Å². The molecule has 1 saturated heterocycles. The van der Waals surface area contributed by atoms with Gasteiger partial charge in [-0.1, -0.05) is 0 Å². The topological polar surface area (TPSA) is 38.5 Å². The Morgan fingerprint density at radius 3 is 2.80 bits per heavy atom. The van der Waals surface area contributed by atoms with Gasteiger partial charge in [-0.3, -0.25) is 0 Å². The Bertz CT molecular complexity index is 171. The molecule has 2 bridgehead atoms. The fourth-order valence-electron chi connectivity index (χ4n) is 3.00. The minimum atomic E-state index is 0.646. The first-order valence-electron chi connectivity index (χ1n) is 4.25. The van der Waals surface area contributed by atoms with Gasteiger partial charge in [0.1, 0.15) is 0 Å². The van der Waals surface area contributed by atoms with E-state index >= 15 is 0 Å². The summed E-state index contributed by atoms with van der Waals surface area (Å²) in [7, 11) is 0. The van der Waals surface area contributed by atoms with E-state index in [9.17, 15) is 0 Å². The van der Waals surface area contributed by atoms with Crippen LogP contribution in [0.4, 0.5) is 0 Å². The highest BCUT2D eigenvalue weighted by molar-refractivity contribution is 5.10. The largest absolute Gasteiger partial charge is 0.369 e. The molecule has 3 aliphatic rings. The molecule has 0 unspecified atom stereocenters. The molecule has 0 amide bonds. The summed E-state index contributed by atoms with van der Waals surface area (Å²) in [5.41, 5.74) is 5.65. The van der Waals surface area contributed by atoms with Crippen molar-refractivity contribution in [3.05, 3.63) is 0 Å². The van der Waals surface area contributed by atoms with Gasteiger partial charge in [0, 0.05) is 0 Å². The Morgan fingerprint density at radius 2 is 2.20 bits per heavy atom. The fraction of sp³-hybridized carbons (Fsp3) is 1.00. The predicted octanol–water partition coefficient (Wildman–Crippen LogP) is 0.369. The molecule has 0 aromatic rings. The van der Waals surface area contributed by atoms with Gasteiger partial charge in [-0.25, -0.2) is 0 Å². The third-order valence-electron chi connectivity index (χ3n) is 3.54. The number of hydrogen-bond acceptors (Lipinski definition) is 2. The lowest BCUT2D eigenvalue weighted by atomic mass is 9.89. The average Bonchev–Trinajstić information content (AvgIpc) is 2.58. The summed E-state index contributed by atoms with van der Waals surface area (Å²) in [6.07, 6.45) is 4.08. The van der Waals surface area contributed by atoms with Crippen molar-refractivity contribution >= 4 is 0 Å². The maximum atomic E-state index is 5.65. The van der Waals surface area contributed by atoms with Crippen LogP contribution in [-0.2, 0) is 4.74 Å². The summed E-state index contributed by atoms with van der Waals surface area (Å²) >= 11 is 0. The summed E-state index contributed by atoms with van der Waals surface area (Å²) in [5, 5.41) is 0. The second-order valence-corrected chi connectivity index (χ2v) is 3.96. The first kappa shape index (κ1) is 5.56. The molecular formula is C8H13NO. The Morgan fingerprint density at radius 1 is 1.30 bits per heavy atom. The van der Waals surface area contributed by atoms with E-state index < -0.39 is 0 Å². The first-order valence-corrected chi connectivity index (χ1v) is 4.25. The van der Waals surface area contributed by atoms with Gasteiger partial charge in [-0.05, 0) is 37.1 Å². The molecule has 0 aromatic heterocycles. The van der Waals surface area contributed by atoms with Gasteiger partial charge in [0.05, 0.1) is 12.2 Å². The third kappa shape index (κ3) is 0.487. The van der Waals surface area contributed by atoms with Crippen LogP contribution in [0.3, 0.4) is 0 Å². The normalized spacial score (nSPS) is 62.7. The Labute approximate surface area is 60.7 Å². The van der Waals surface area contributed by atoms with Crippen molar-refractivity contribution in [3.63, 3.8) is 0 Å². The second kappa shape index (κ2) is 1.56. The quantitative estimate of drug-likeness (QED) is 0.533. The highest BCUT2D eigenvalue weighted by atomic mass is 16.6. The van der Waals surface area contributed by atoms with Crippen LogP contribution in [0, 0.1) is 17.8 Å². The zero-order chi connectivity index (χ0) is 6.72. The van der Waals surface area contributed by atoms with Crippen LogP contribution in [0.25, 0.3) is 0 Å². The van der Waals surface area contributed by atoms with Crippen LogP contribution in [-0.4, -0.2) is 18.8 Å². The maximum absolute atomic E-state index is 5.65. The monoisotopic (exact) mass is 139 g/mol. The van der Waals surface area contributed by atoms with Gasteiger partial charge in [0.25, 0.3) is 0 Å². The van der Waals surface area contributed by atoms with E-state index in [0.29, 0.717) is 12.2 Å². The Hall–Kier alpha value is -0.0800. The molecule has 56 valence electrons. The number of ether oxygens (including phenoxy) is 1. The molecule has 2 N–H and O–H groups in total. The van der Waals surface area contributed by atoms with Crippen molar-refractivity contribution < 1.29 is 4.74 Å². The molecule has 2 saturated carbocycles. The average molecular weight is 139 g/mol. The zero-order valence-corrected chi connectivity index (χ0v) is 5.99. The van der Waals surface area contributed by atoms with E-state index in [1.807, 2.05) is 0 Å². The fourth-order valence-corrected chi connectivity index (χ4v) is 3.00. The predicted molar refractivity (Wildman–Crippen MR) is 37.4 cm³/mol. The van der Waals surface area contributed by atoms with Crippen LogP contribution in [0.5, 0.6) is 0 Å². The number of fused-ring (bicyclic) bond motifs is 5. The molecule has 1 heterocycles. The summed E-state index contributed by atoms with van der Waals surface area (Å²) < 4.78 is 5.52. The smallest absolute Gasteiger partial charge is 0.0876 e. The van der Waals surface area contributed by atoms with Crippen LogP contribution in [0.1, 0.15) is 12.8 Å². The number of epoxide rings is 1. The third-order valence-corrected chi connectivity index (χ3v) is 3.54.